The molecule has 4 heterocycles. The third-order valence-corrected chi connectivity index (χ3v) is 8.53. The summed E-state index contributed by atoms with van der Waals surface area (Å²) < 4.78 is 0. The van der Waals surface area contributed by atoms with Crippen molar-refractivity contribution in [1.29, 1.82) is 0 Å². The third kappa shape index (κ3) is 5.36. The minimum absolute atomic E-state index is 0.179. The molecule has 34 heavy (non-hydrogen) atoms. The molecular formula is C29H40N4O. The van der Waals surface area contributed by atoms with Crippen LogP contribution in [-0.4, -0.2) is 52.4 Å². The maximum Gasteiger partial charge on any atom is 0.220 e. The van der Waals surface area contributed by atoms with E-state index in [1.165, 1.54) is 62.0 Å². The van der Waals surface area contributed by atoms with Crippen LogP contribution in [0.5, 0.6) is 0 Å². The number of amides is 1. The molecule has 1 amide bonds. The summed E-state index contributed by atoms with van der Waals surface area (Å²) >= 11 is 0. The summed E-state index contributed by atoms with van der Waals surface area (Å²) in [5.74, 6) is 1.71. The molecule has 0 saturated carbocycles. The lowest BCUT2D eigenvalue weighted by Gasteiger charge is -2.57. The predicted molar refractivity (Wildman–Crippen MR) is 136 cm³/mol. The van der Waals surface area contributed by atoms with E-state index in [9.17, 15) is 4.79 Å². The normalized spacial score (nSPS) is 27.2. The van der Waals surface area contributed by atoms with Crippen LogP contribution in [0.15, 0.2) is 48.8 Å². The topological polar surface area (TPSA) is 48.5 Å². The fourth-order valence-electron chi connectivity index (χ4n) is 6.95. The number of piperidine rings is 3. The molecule has 1 N–H and O–H groups in total. The zero-order valence-corrected chi connectivity index (χ0v) is 20.7. The predicted octanol–water partition coefficient (Wildman–Crippen LogP) is 4.55. The van der Waals surface area contributed by atoms with Crippen molar-refractivity contribution in [3.05, 3.63) is 65.5 Å². The van der Waals surface area contributed by atoms with Gasteiger partial charge in [0.2, 0.25) is 5.91 Å². The summed E-state index contributed by atoms with van der Waals surface area (Å²) in [6, 6.07) is 13.9. The highest BCUT2D eigenvalue weighted by Crippen LogP contribution is 2.43. The molecule has 3 fully saturated rings. The Kier molecular flexibility index (Phi) is 7.60. The van der Waals surface area contributed by atoms with Crippen LogP contribution in [0.4, 0.5) is 0 Å². The van der Waals surface area contributed by atoms with Crippen LogP contribution in [-0.2, 0) is 17.9 Å². The Labute approximate surface area is 204 Å². The van der Waals surface area contributed by atoms with Crippen molar-refractivity contribution in [2.24, 2.45) is 11.8 Å². The van der Waals surface area contributed by atoms with Gasteiger partial charge in [-0.3, -0.25) is 19.6 Å². The number of hydrogen-bond donors (Lipinski definition) is 1. The maximum absolute atomic E-state index is 12.6. The maximum atomic E-state index is 12.6. The van der Waals surface area contributed by atoms with Crippen molar-refractivity contribution < 1.29 is 4.79 Å². The molecule has 182 valence electrons. The SMILES string of the molecule is Cc1ccccc1CNC(=O)CCC[C@@H]1[C@H]2CCCN3CCC[C@@H](CN1Cc1cccnc1)[C@@H]23. The molecule has 1 aromatic carbocycles. The lowest BCUT2D eigenvalue weighted by molar-refractivity contribution is -0.121. The Morgan fingerprint density at radius 1 is 1.12 bits per heavy atom. The van der Waals surface area contributed by atoms with Gasteiger partial charge in [0.05, 0.1) is 0 Å². The number of rotatable bonds is 8. The van der Waals surface area contributed by atoms with E-state index in [0.717, 1.165) is 37.3 Å². The van der Waals surface area contributed by atoms with Crippen LogP contribution in [0.2, 0.25) is 0 Å². The highest BCUT2D eigenvalue weighted by molar-refractivity contribution is 5.75. The van der Waals surface area contributed by atoms with Crippen molar-refractivity contribution in [2.75, 3.05) is 19.6 Å². The molecule has 0 aliphatic carbocycles. The number of carbonyl (C=O) groups is 1. The highest BCUT2D eigenvalue weighted by Gasteiger charge is 2.48. The second-order valence-electron chi connectivity index (χ2n) is 10.7. The van der Waals surface area contributed by atoms with Crippen LogP contribution >= 0.6 is 0 Å². The van der Waals surface area contributed by atoms with Crippen molar-refractivity contribution in [3.63, 3.8) is 0 Å². The number of aromatic nitrogens is 1. The summed E-state index contributed by atoms with van der Waals surface area (Å²) in [5.41, 5.74) is 3.75. The van der Waals surface area contributed by atoms with E-state index < -0.39 is 0 Å². The van der Waals surface area contributed by atoms with Crippen LogP contribution in [0.1, 0.15) is 61.6 Å². The number of carbonyl (C=O) groups excluding carboxylic acids is 1. The molecule has 3 saturated heterocycles. The number of likely N-dealkylation sites (tertiary alicyclic amines) is 1. The average molecular weight is 461 g/mol. The van der Waals surface area contributed by atoms with E-state index in [4.69, 9.17) is 0 Å². The first-order valence-corrected chi connectivity index (χ1v) is 13.4. The van der Waals surface area contributed by atoms with E-state index in [1.54, 1.807) is 0 Å². The third-order valence-electron chi connectivity index (χ3n) is 8.53. The van der Waals surface area contributed by atoms with Crippen molar-refractivity contribution in [3.8, 4) is 0 Å². The monoisotopic (exact) mass is 460 g/mol. The molecular weight excluding hydrogens is 420 g/mol. The number of aryl methyl sites for hydroxylation is 1. The molecule has 1 aromatic heterocycles. The molecule has 0 bridgehead atoms. The Morgan fingerprint density at radius 3 is 2.79 bits per heavy atom. The molecule has 5 heteroatoms. The summed E-state index contributed by atoms with van der Waals surface area (Å²) in [6.45, 7) is 7.48. The fraction of sp³-hybridized carbons (Fsp3) is 0.586. The first-order chi connectivity index (χ1) is 16.7. The summed E-state index contributed by atoms with van der Waals surface area (Å²) in [5, 5.41) is 3.15. The van der Waals surface area contributed by atoms with Gasteiger partial charge >= 0.3 is 0 Å². The second kappa shape index (κ2) is 11.0. The number of nitrogens with zero attached hydrogens (tertiary/aromatic N) is 3. The minimum Gasteiger partial charge on any atom is -0.352 e. The first-order valence-electron chi connectivity index (χ1n) is 13.4. The highest BCUT2D eigenvalue weighted by atomic mass is 16.1. The Morgan fingerprint density at radius 2 is 1.97 bits per heavy atom. The first kappa shape index (κ1) is 23.5. The van der Waals surface area contributed by atoms with Gasteiger partial charge in [-0.2, -0.15) is 0 Å². The second-order valence-corrected chi connectivity index (χ2v) is 10.7. The lowest BCUT2D eigenvalue weighted by Crippen LogP contribution is -2.64. The Balaban J connectivity index is 1.22. The molecule has 2 aromatic rings. The molecule has 0 unspecified atom stereocenters. The van der Waals surface area contributed by atoms with Gasteiger partial charge in [-0.25, -0.2) is 0 Å². The molecule has 0 spiro atoms. The quantitative estimate of drug-likeness (QED) is 0.628. The van der Waals surface area contributed by atoms with Gasteiger partial charge in [-0.15, -0.1) is 0 Å². The summed E-state index contributed by atoms with van der Waals surface area (Å²) in [4.78, 5) is 22.6. The zero-order chi connectivity index (χ0) is 23.3. The van der Waals surface area contributed by atoms with Gasteiger partial charge in [0.15, 0.2) is 0 Å². The summed E-state index contributed by atoms with van der Waals surface area (Å²) in [7, 11) is 0. The van der Waals surface area contributed by atoms with Crippen LogP contribution in [0.3, 0.4) is 0 Å². The molecule has 5 nitrogen and oxygen atoms in total. The van der Waals surface area contributed by atoms with Crippen LogP contribution < -0.4 is 5.32 Å². The van der Waals surface area contributed by atoms with E-state index in [2.05, 4.69) is 51.3 Å². The summed E-state index contributed by atoms with van der Waals surface area (Å²) in [6.07, 6.45) is 12.0. The molecule has 3 aliphatic rings. The fourth-order valence-corrected chi connectivity index (χ4v) is 6.95. The van der Waals surface area contributed by atoms with Crippen LogP contribution in [0.25, 0.3) is 0 Å². The van der Waals surface area contributed by atoms with Crippen molar-refractivity contribution >= 4 is 5.91 Å². The van der Waals surface area contributed by atoms with Gasteiger partial charge in [-0.05, 0) is 93.1 Å². The van der Waals surface area contributed by atoms with Gasteiger partial charge in [-0.1, -0.05) is 30.3 Å². The minimum atomic E-state index is 0.179. The van der Waals surface area contributed by atoms with Crippen molar-refractivity contribution in [2.45, 2.75) is 77.0 Å². The number of benzene rings is 1. The molecule has 3 aliphatic heterocycles. The molecule has 0 radical (unpaired) electrons. The standard InChI is InChI=1S/C29H40N4O/c1-22-8-2-3-10-24(22)19-31-28(34)14-4-13-27-26-12-7-17-32-16-6-11-25(29(26)32)21-33(27)20-23-9-5-15-30-18-23/h2-3,5,8-10,15,18,25-27,29H,4,6-7,11-14,16-17,19-21H2,1H3,(H,31,34)/t25-,26+,27+,29-/m0/s1. The molecule has 4 atom stereocenters. The smallest absolute Gasteiger partial charge is 0.220 e. The zero-order valence-electron chi connectivity index (χ0n) is 20.7. The largest absolute Gasteiger partial charge is 0.352 e. The van der Waals surface area contributed by atoms with E-state index in [0.29, 0.717) is 19.0 Å². The average Bonchev–Trinajstić information content (AvgIpc) is 2.86. The van der Waals surface area contributed by atoms with E-state index in [-0.39, 0.29) is 5.91 Å². The van der Waals surface area contributed by atoms with Gasteiger partial charge in [0.1, 0.15) is 0 Å². The van der Waals surface area contributed by atoms with E-state index >= 15 is 0 Å². The number of pyridine rings is 1. The number of nitrogens with one attached hydrogen (secondary N) is 1. The van der Waals surface area contributed by atoms with Gasteiger partial charge in [0.25, 0.3) is 0 Å². The Hall–Kier alpha value is -2.24. The van der Waals surface area contributed by atoms with Gasteiger partial charge < -0.3 is 5.32 Å². The van der Waals surface area contributed by atoms with Crippen molar-refractivity contribution in [1.82, 2.24) is 20.1 Å². The van der Waals surface area contributed by atoms with Gasteiger partial charge in [0, 0.05) is 50.5 Å². The lowest BCUT2D eigenvalue weighted by atomic mass is 9.69. The van der Waals surface area contributed by atoms with E-state index in [1.807, 2.05) is 24.5 Å². The Bertz CT molecular complexity index is 946. The molecule has 5 rings (SSSR count). The number of hydrogen-bond acceptors (Lipinski definition) is 4. The van der Waals surface area contributed by atoms with Crippen LogP contribution in [0, 0.1) is 18.8 Å².